The van der Waals surface area contributed by atoms with Gasteiger partial charge >= 0.3 is 19.2 Å². The molecule has 1 aliphatic carbocycles. The Labute approximate surface area is 266 Å². The predicted molar refractivity (Wildman–Crippen MR) is 172 cm³/mol. The number of thioether (sulfide) groups is 1. The minimum absolute atomic E-state index is 0.141. The summed E-state index contributed by atoms with van der Waals surface area (Å²) < 4.78 is 44.0. The van der Waals surface area contributed by atoms with Gasteiger partial charge in [-0.05, 0) is 67.9 Å². The third-order valence-electron chi connectivity index (χ3n) is 8.71. The van der Waals surface area contributed by atoms with Gasteiger partial charge in [-0.3, -0.25) is 9.79 Å². The molecule has 1 saturated heterocycles. The van der Waals surface area contributed by atoms with Gasteiger partial charge < -0.3 is 23.5 Å². The molecule has 1 amide bonds. The summed E-state index contributed by atoms with van der Waals surface area (Å²) >= 11 is 1.14. The SMILES string of the molecule is COC(=O)[C@]12C[C@H]1[C@@](C)(c1cc(B3OC(C)(C)C(C)(C)O3)cnc1F)N=C(N(COCC[Si](C)(C)C)C(=O)OC(C)(C)C)S2. The number of esters is 1. The number of carbonyl (C=O) groups is 2. The number of aromatic nitrogens is 1. The van der Waals surface area contributed by atoms with Gasteiger partial charge in [0.1, 0.15) is 17.1 Å². The van der Waals surface area contributed by atoms with Gasteiger partial charge in [-0.15, -0.1) is 0 Å². The molecule has 3 heterocycles. The summed E-state index contributed by atoms with van der Waals surface area (Å²) in [5.41, 5.74) is -2.61. The molecule has 3 atom stereocenters. The van der Waals surface area contributed by atoms with Crippen LogP contribution in [0, 0.1) is 11.9 Å². The first-order valence-electron chi connectivity index (χ1n) is 15.0. The van der Waals surface area contributed by atoms with Crippen molar-refractivity contribution in [1.29, 1.82) is 0 Å². The fourth-order valence-electron chi connectivity index (χ4n) is 5.24. The third kappa shape index (κ3) is 6.89. The molecule has 2 aliphatic heterocycles. The van der Waals surface area contributed by atoms with Crippen LogP contribution in [0.25, 0.3) is 0 Å². The smallest absolute Gasteiger partial charge is 0.468 e. The van der Waals surface area contributed by atoms with Gasteiger partial charge in [0.2, 0.25) is 5.95 Å². The average molecular weight is 652 g/mol. The Morgan fingerprint density at radius 1 is 1.16 bits per heavy atom. The first-order valence-corrected chi connectivity index (χ1v) is 19.5. The van der Waals surface area contributed by atoms with Crippen LogP contribution in [0.15, 0.2) is 17.3 Å². The molecule has 44 heavy (non-hydrogen) atoms. The maximum absolute atomic E-state index is 15.7. The maximum atomic E-state index is 15.7. The number of hydrogen-bond donors (Lipinski definition) is 0. The second-order valence-electron chi connectivity index (χ2n) is 15.2. The number of aliphatic imine (C=N–C) groups is 1. The number of pyridine rings is 1. The van der Waals surface area contributed by atoms with Gasteiger partial charge in [0.25, 0.3) is 0 Å². The van der Waals surface area contributed by atoms with Crippen molar-refractivity contribution in [2.24, 2.45) is 10.9 Å². The van der Waals surface area contributed by atoms with E-state index in [1.54, 1.807) is 33.8 Å². The number of amides is 1. The summed E-state index contributed by atoms with van der Waals surface area (Å²) in [6.07, 6.45) is 1.08. The zero-order valence-corrected chi connectivity index (χ0v) is 29.9. The molecule has 0 bridgehead atoms. The minimum Gasteiger partial charge on any atom is -0.468 e. The van der Waals surface area contributed by atoms with Gasteiger partial charge in [0.15, 0.2) is 5.17 Å². The molecule has 0 spiro atoms. The molecule has 1 aromatic heterocycles. The second kappa shape index (κ2) is 11.7. The Hall–Kier alpha value is -2.00. The highest BCUT2D eigenvalue weighted by atomic mass is 32.2. The quantitative estimate of drug-likeness (QED) is 0.121. The molecule has 1 saturated carbocycles. The van der Waals surface area contributed by atoms with Crippen LogP contribution >= 0.6 is 11.8 Å². The Morgan fingerprint density at radius 2 is 1.77 bits per heavy atom. The lowest BCUT2D eigenvalue weighted by Crippen LogP contribution is -2.47. The van der Waals surface area contributed by atoms with Crippen molar-refractivity contribution in [2.45, 2.75) is 115 Å². The van der Waals surface area contributed by atoms with Gasteiger partial charge in [-0.2, -0.15) is 4.39 Å². The number of hydrogen-bond acceptors (Lipinski definition) is 10. The third-order valence-corrected chi connectivity index (χ3v) is 11.9. The van der Waals surface area contributed by atoms with Crippen molar-refractivity contribution >= 4 is 49.6 Å². The summed E-state index contributed by atoms with van der Waals surface area (Å²) in [4.78, 5) is 37.2. The number of amidine groups is 1. The highest BCUT2D eigenvalue weighted by Gasteiger charge is 2.72. The Morgan fingerprint density at radius 3 is 2.32 bits per heavy atom. The Balaban J connectivity index is 1.78. The van der Waals surface area contributed by atoms with Crippen molar-refractivity contribution in [2.75, 3.05) is 20.4 Å². The molecule has 0 unspecified atom stereocenters. The van der Waals surface area contributed by atoms with Crippen molar-refractivity contribution in [3.8, 4) is 0 Å². The molecule has 14 heteroatoms. The van der Waals surface area contributed by atoms with E-state index in [4.69, 9.17) is 28.5 Å². The molecule has 0 radical (unpaired) electrons. The van der Waals surface area contributed by atoms with Crippen LogP contribution in [0.1, 0.15) is 67.4 Å². The fraction of sp³-hybridized carbons (Fsp3) is 0.733. The Kier molecular flexibility index (Phi) is 9.24. The van der Waals surface area contributed by atoms with Crippen LogP contribution in [0.2, 0.25) is 25.7 Å². The van der Waals surface area contributed by atoms with Crippen LogP contribution < -0.4 is 5.46 Å². The van der Waals surface area contributed by atoms with Gasteiger partial charge in [-0.1, -0.05) is 37.5 Å². The van der Waals surface area contributed by atoms with E-state index >= 15 is 4.39 Å². The summed E-state index contributed by atoms with van der Waals surface area (Å²) in [6, 6.07) is 2.54. The number of rotatable bonds is 8. The predicted octanol–water partition coefficient (Wildman–Crippen LogP) is 5.32. The van der Waals surface area contributed by atoms with E-state index in [0.29, 0.717) is 18.5 Å². The normalized spacial score (nSPS) is 27.3. The van der Waals surface area contributed by atoms with Crippen LogP contribution in [0.5, 0.6) is 0 Å². The molecule has 0 N–H and O–H groups in total. The number of halogens is 1. The molecule has 3 aliphatic rings. The lowest BCUT2D eigenvalue weighted by Gasteiger charge is -2.37. The van der Waals surface area contributed by atoms with Gasteiger partial charge in [-0.25, -0.2) is 14.7 Å². The van der Waals surface area contributed by atoms with E-state index < -0.39 is 66.2 Å². The number of ether oxygens (including phenoxy) is 3. The van der Waals surface area contributed by atoms with E-state index in [2.05, 4.69) is 24.6 Å². The van der Waals surface area contributed by atoms with Crippen LogP contribution in [0.3, 0.4) is 0 Å². The second-order valence-corrected chi connectivity index (χ2v) is 22.2. The first-order chi connectivity index (χ1) is 20.1. The molecule has 0 aromatic carbocycles. The zero-order valence-electron chi connectivity index (χ0n) is 28.1. The van der Waals surface area contributed by atoms with E-state index in [1.807, 2.05) is 27.7 Å². The molecule has 10 nitrogen and oxygen atoms in total. The topological polar surface area (TPSA) is 109 Å². The highest BCUT2D eigenvalue weighted by Crippen LogP contribution is 2.67. The summed E-state index contributed by atoms with van der Waals surface area (Å²) in [6.45, 7) is 21.8. The van der Waals surface area contributed by atoms with Gasteiger partial charge in [0.05, 0.1) is 23.9 Å². The largest absolute Gasteiger partial charge is 0.496 e. The fourth-order valence-corrected chi connectivity index (χ4v) is 7.58. The Bertz CT molecular complexity index is 1320. The molecule has 244 valence electrons. The van der Waals surface area contributed by atoms with E-state index in [9.17, 15) is 9.59 Å². The van der Waals surface area contributed by atoms with Crippen molar-refractivity contribution in [1.82, 2.24) is 9.88 Å². The first kappa shape index (κ1) is 34.9. The minimum atomic E-state index is -1.40. The maximum Gasteiger partial charge on any atom is 0.496 e. The number of fused-ring (bicyclic) bond motifs is 1. The molecular weight excluding hydrogens is 604 g/mol. The zero-order chi connectivity index (χ0) is 33.1. The number of nitrogens with zero attached hydrogens (tertiary/aromatic N) is 3. The lowest BCUT2D eigenvalue weighted by atomic mass is 9.77. The number of methoxy groups -OCH3 is 1. The van der Waals surface area contributed by atoms with Crippen molar-refractivity contribution in [3.05, 3.63) is 23.8 Å². The summed E-state index contributed by atoms with van der Waals surface area (Å²) in [5, 5.41) is 0.189. The molecule has 4 rings (SSSR count). The van der Waals surface area contributed by atoms with Crippen molar-refractivity contribution < 1.29 is 37.5 Å². The van der Waals surface area contributed by atoms with Gasteiger partial charge in [0, 0.05) is 37.8 Å². The molecule has 2 fully saturated rings. The van der Waals surface area contributed by atoms with Crippen LogP contribution in [0.4, 0.5) is 9.18 Å². The van der Waals surface area contributed by atoms with Crippen LogP contribution in [-0.4, -0.2) is 84.3 Å². The summed E-state index contributed by atoms with van der Waals surface area (Å²) in [7, 11) is -0.861. The molecular formula is C30H47BFN3O7SSi. The number of carbonyl (C=O) groups excluding carboxylic acids is 2. The average Bonchev–Trinajstić information content (AvgIpc) is 3.58. The highest BCUT2D eigenvalue weighted by molar-refractivity contribution is 8.15. The van der Waals surface area contributed by atoms with E-state index in [-0.39, 0.29) is 17.5 Å². The monoisotopic (exact) mass is 651 g/mol. The van der Waals surface area contributed by atoms with Crippen LogP contribution in [-0.2, 0) is 33.9 Å². The molecule has 1 aromatic rings. The lowest BCUT2D eigenvalue weighted by molar-refractivity contribution is -0.141. The van der Waals surface area contributed by atoms with Crippen molar-refractivity contribution in [3.63, 3.8) is 0 Å². The van der Waals surface area contributed by atoms with E-state index in [0.717, 1.165) is 17.8 Å². The summed E-state index contributed by atoms with van der Waals surface area (Å²) in [5.74, 6) is -1.62. The standard InChI is InChI=1S/C30H47BFN3O7SSi/c1-26(2,3)40-25(37)35(18-39-13-14-44(10,11)12)24-34-29(8,21-16-30(21,43-24)23(36)38-9)20-15-19(17-33-22(20)32)31-41-27(4,5)28(6,7)42-31/h15,17,21H,13-14,16,18H2,1-12H3/t21-,29+,30-/m0/s1. The van der Waals surface area contributed by atoms with E-state index in [1.165, 1.54) is 18.2 Å².